The summed E-state index contributed by atoms with van der Waals surface area (Å²) < 4.78 is 41.9. The number of aromatic nitrogens is 1. The molecule has 1 fully saturated rings. The number of piperazine rings is 1. The van der Waals surface area contributed by atoms with E-state index in [4.69, 9.17) is 0 Å². The van der Waals surface area contributed by atoms with Crippen molar-refractivity contribution in [2.75, 3.05) is 31.1 Å². The lowest BCUT2D eigenvalue weighted by Gasteiger charge is -2.33. The first-order valence-electron chi connectivity index (χ1n) is 9.66. The van der Waals surface area contributed by atoms with Crippen LogP contribution in [0.25, 0.3) is 11.3 Å². The maximum atomic E-state index is 14.0. The first-order chi connectivity index (χ1) is 14.3. The third-order valence-corrected chi connectivity index (χ3v) is 4.86. The molecule has 0 radical (unpaired) electrons. The third-order valence-electron chi connectivity index (χ3n) is 4.86. The van der Waals surface area contributed by atoms with Gasteiger partial charge in [-0.3, -0.25) is 9.78 Å². The van der Waals surface area contributed by atoms with Crippen molar-refractivity contribution >= 4 is 12.0 Å². The number of rotatable bonds is 4. The lowest BCUT2D eigenvalue weighted by Crippen LogP contribution is -2.44. The van der Waals surface area contributed by atoms with Gasteiger partial charge in [-0.1, -0.05) is 24.8 Å². The minimum atomic E-state index is -4.69. The van der Waals surface area contributed by atoms with E-state index in [0.717, 1.165) is 0 Å². The highest BCUT2D eigenvalue weighted by molar-refractivity contribution is 5.89. The van der Waals surface area contributed by atoms with Gasteiger partial charge in [0.2, 0.25) is 0 Å². The molecule has 5 nitrogen and oxygen atoms in total. The lowest BCUT2D eigenvalue weighted by atomic mass is 9.96. The number of aliphatic hydroxyl groups excluding tert-OH is 1. The van der Waals surface area contributed by atoms with Crippen LogP contribution in [0.15, 0.2) is 30.5 Å². The SMILES string of the molecule is CCC(O)C#Cc1ccc(-c2ccc(C=O)c(C(F)(F)F)c2N2CCNCC2)nc1. The van der Waals surface area contributed by atoms with E-state index in [2.05, 4.69) is 22.1 Å². The molecule has 1 atom stereocenters. The Morgan fingerprint density at radius 3 is 2.57 bits per heavy atom. The van der Waals surface area contributed by atoms with Crippen LogP contribution in [0.2, 0.25) is 0 Å². The quantitative estimate of drug-likeness (QED) is 0.591. The number of halogens is 3. The molecule has 1 saturated heterocycles. The zero-order chi connectivity index (χ0) is 21.7. The predicted molar refractivity (Wildman–Crippen MR) is 108 cm³/mol. The predicted octanol–water partition coefficient (Wildman–Crippen LogP) is 3.11. The molecule has 0 spiro atoms. The Hall–Kier alpha value is -2.89. The minimum absolute atomic E-state index is 0.0265. The van der Waals surface area contributed by atoms with Gasteiger partial charge in [-0.15, -0.1) is 0 Å². The summed E-state index contributed by atoms with van der Waals surface area (Å²) >= 11 is 0. The number of hydrogen-bond acceptors (Lipinski definition) is 5. The number of hydrogen-bond donors (Lipinski definition) is 2. The Morgan fingerprint density at radius 2 is 2.00 bits per heavy atom. The van der Waals surface area contributed by atoms with Gasteiger partial charge in [0, 0.05) is 49.1 Å². The average molecular weight is 417 g/mol. The van der Waals surface area contributed by atoms with Crippen LogP contribution in [-0.4, -0.2) is 48.7 Å². The number of nitrogens with zero attached hydrogens (tertiary/aromatic N) is 2. The summed E-state index contributed by atoms with van der Waals surface area (Å²) in [7, 11) is 0. The Balaban J connectivity index is 2.12. The molecule has 1 aliphatic rings. The molecule has 1 unspecified atom stereocenters. The molecule has 30 heavy (non-hydrogen) atoms. The van der Waals surface area contributed by atoms with Crippen LogP contribution in [0, 0.1) is 11.8 Å². The van der Waals surface area contributed by atoms with Crippen molar-refractivity contribution < 1.29 is 23.1 Å². The Kier molecular flexibility index (Phi) is 6.75. The van der Waals surface area contributed by atoms with E-state index < -0.39 is 23.4 Å². The van der Waals surface area contributed by atoms with Gasteiger partial charge in [-0.2, -0.15) is 13.2 Å². The van der Waals surface area contributed by atoms with Crippen molar-refractivity contribution in [2.24, 2.45) is 0 Å². The molecule has 2 N–H and O–H groups in total. The fourth-order valence-corrected chi connectivity index (χ4v) is 3.32. The van der Waals surface area contributed by atoms with E-state index in [1.54, 1.807) is 24.0 Å². The summed E-state index contributed by atoms with van der Waals surface area (Å²) in [6.45, 7) is 3.67. The van der Waals surface area contributed by atoms with Gasteiger partial charge in [0.05, 0.1) is 16.9 Å². The molecular formula is C22H22F3N3O2. The first-order valence-corrected chi connectivity index (χ1v) is 9.66. The van der Waals surface area contributed by atoms with Crippen LogP contribution in [0.5, 0.6) is 0 Å². The smallest absolute Gasteiger partial charge is 0.380 e. The van der Waals surface area contributed by atoms with Crippen LogP contribution in [0.1, 0.15) is 34.8 Å². The fourth-order valence-electron chi connectivity index (χ4n) is 3.32. The third kappa shape index (κ3) is 4.81. The molecule has 0 saturated carbocycles. The topological polar surface area (TPSA) is 65.5 Å². The lowest BCUT2D eigenvalue weighted by molar-refractivity contribution is -0.137. The number of alkyl halides is 3. The highest BCUT2D eigenvalue weighted by Gasteiger charge is 2.39. The molecule has 3 rings (SSSR count). The molecule has 2 heterocycles. The van der Waals surface area contributed by atoms with E-state index in [9.17, 15) is 23.1 Å². The number of nitrogens with one attached hydrogen (secondary N) is 1. The summed E-state index contributed by atoms with van der Waals surface area (Å²) in [5.41, 5.74) is -0.141. The van der Waals surface area contributed by atoms with Crippen LogP contribution in [0.3, 0.4) is 0 Å². The maximum Gasteiger partial charge on any atom is 0.419 e. The molecule has 1 aromatic carbocycles. The second kappa shape index (κ2) is 9.28. The summed E-state index contributed by atoms with van der Waals surface area (Å²) in [6.07, 6.45) is -3.23. The molecule has 0 aliphatic carbocycles. The molecule has 0 bridgehead atoms. The second-order valence-corrected chi connectivity index (χ2v) is 6.90. The first kappa shape index (κ1) is 21.8. The molecule has 1 aromatic heterocycles. The molecule has 0 amide bonds. The molecule has 8 heteroatoms. The number of anilines is 1. The van der Waals surface area contributed by atoms with Gasteiger partial charge in [0.15, 0.2) is 6.29 Å². The summed E-state index contributed by atoms with van der Waals surface area (Å²) in [6, 6.07) is 5.94. The number of pyridine rings is 1. The number of aldehydes is 1. The van der Waals surface area contributed by atoms with E-state index in [1.165, 1.54) is 18.3 Å². The van der Waals surface area contributed by atoms with Gasteiger partial charge < -0.3 is 15.3 Å². The molecule has 158 valence electrons. The zero-order valence-corrected chi connectivity index (χ0v) is 16.5. The van der Waals surface area contributed by atoms with E-state index in [-0.39, 0.29) is 12.0 Å². The van der Waals surface area contributed by atoms with Crippen LogP contribution in [-0.2, 0) is 6.18 Å². The van der Waals surface area contributed by atoms with Crippen molar-refractivity contribution in [3.8, 4) is 23.1 Å². The standard InChI is InChI=1S/C22H22F3N3O2/c1-2-17(30)6-3-15-4-8-19(27-13-15)18-7-5-16(14-29)20(22(23,24)25)21(18)28-11-9-26-10-12-28/h4-5,7-8,13-14,17,26,30H,2,9-12H2,1H3. The maximum absolute atomic E-state index is 14.0. The normalized spacial score (nSPS) is 15.3. The van der Waals surface area contributed by atoms with Crippen molar-refractivity contribution in [1.82, 2.24) is 10.3 Å². The van der Waals surface area contributed by atoms with E-state index in [1.807, 2.05) is 0 Å². The van der Waals surface area contributed by atoms with Crippen molar-refractivity contribution in [2.45, 2.75) is 25.6 Å². The van der Waals surface area contributed by atoms with Gasteiger partial charge in [-0.25, -0.2) is 0 Å². The van der Waals surface area contributed by atoms with Gasteiger partial charge in [0.1, 0.15) is 6.10 Å². The molecule has 2 aromatic rings. The Morgan fingerprint density at radius 1 is 1.27 bits per heavy atom. The summed E-state index contributed by atoms with van der Waals surface area (Å²) in [5, 5.41) is 12.7. The Bertz CT molecular complexity index is 957. The second-order valence-electron chi connectivity index (χ2n) is 6.90. The number of carbonyl (C=O) groups is 1. The van der Waals surface area contributed by atoms with Crippen LogP contribution >= 0.6 is 0 Å². The summed E-state index contributed by atoms with van der Waals surface area (Å²) in [5.74, 6) is 5.48. The number of aliphatic hydroxyl groups is 1. The average Bonchev–Trinajstić information content (AvgIpc) is 2.76. The number of carbonyl (C=O) groups excluding carboxylic acids is 1. The summed E-state index contributed by atoms with van der Waals surface area (Å²) in [4.78, 5) is 17.3. The van der Waals surface area contributed by atoms with Crippen molar-refractivity contribution in [3.05, 3.63) is 47.2 Å². The van der Waals surface area contributed by atoms with Crippen LogP contribution in [0.4, 0.5) is 18.9 Å². The monoisotopic (exact) mass is 417 g/mol. The van der Waals surface area contributed by atoms with Gasteiger partial charge in [-0.05, 0) is 24.6 Å². The van der Waals surface area contributed by atoms with Gasteiger partial charge in [0.25, 0.3) is 0 Å². The van der Waals surface area contributed by atoms with Crippen molar-refractivity contribution in [1.29, 1.82) is 0 Å². The number of benzene rings is 1. The Labute approximate surface area is 172 Å². The van der Waals surface area contributed by atoms with Crippen molar-refractivity contribution in [3.63, 3.8) is 0 Å². The van der Waals surface area contributed by atoms with E-state index >= 15 is 0 Å². The van der Waals surface area contributed by atoms with E-state index in [0.29, 0.717) is 49.4 Å². The molecular weight excluding hydrogens is 395 g/mol. The van der Waals surface area contributed by atoms with Crippen LogP contribution < -0.4 is 10.2 Å². The fraction of sp³-hybridized carbons (Fsp3) is 0.364. The zero-order valence-electron chi connectivity index (χ0n) is 16.5. The highest BCUT2D eigenvalue weighted by Crippen LogP contribution is 2.43. The largest absolute Gasteiger partial charge is 0.419 e. The molecule has 1 aliphatic heterocycles. The highest BCUT2D eigenvalue weighted by atomic mass is 19.4. The minimum Gasteiger partial charge on any atom is -0.380 e. The van der Waals surface area contributed by atoms with Gasteiger partial charge >= 0.3 is 6.18 Å².